The fraction of sp³-hybridized carbons (Fsp3) is 0. The average Bonchev–Trinajstić information content (AvgIpc) is 3.67. The predicted molar refractivity (Wildman–Crippen MR) is 241 cm³/mol. The first kappa shape index (κ1) is 33.6. The Bertz CT molecular complexity index is 2910. The number of rotatable bonds is 8. The van der Waals surface area contributed by atoms with Gasteiger partial charge in [-0.25, -0.2) is 0 Å². The van der Waals surface area contributed by atoms with E-state index in [-0.39, 0.29) is 0 Å². The van der Waals surface area contributed by atoms with Crippen LogP contribution in [0.5, 0.6) is 0 Å². The molecule has 9 aromatic carbocycles. The van der Waals surface area contributed by atoms with Gasteiger partial charge in [-0.05, 0) is 80.9 Å². The summed E-state index contributed by atoms with van der Waals surface area (Å²) in [5.74, 6) is 0. The van der Waals surface area contributed by atoms with Crippen molar-refractivity contribution in [1.29, 1.82) is 0 Å². The molecule has 1 heterocycles. The molecular weight excluding hydrogens is 695 g/mol. The molecule has 0 N–H and O–H groups in total. The number of hydrogen-bond acceptors (Lipinski definition) is 2. The number of fused-ring (bicyclic) bond motifs is 3. The number of para-hydroxylation sites is 1. The molecule has 10 rings (SSSR count). The number of hydrogen-bond donors (Lipinski definition) is 0. The van der Waals surface area contributed by atoms with Gasteiger partial charge >= 0.3 is 0 Å². The van der Waals surface area contributed by atoms with Crippen LogP contribution < -0.4 is 4.90 Å². The molecule has 0 saturated carbocycles. The summed E-state index contributed by atoms with van der Waals surface area (Å²) >= 11 is 1.88. The second kappa shape index (κ2) is 14.7. The summed E-state index contributed by atoms with van der Waals surface area (Å²) < 4.78 is 2.64. The molecule has 56 heavy (non-hydrogen) atoms. The minimum absolute atomic E-state index is 1.10. The van der Waals surface area contributed by atoms with Crippen LogP contribution in [0.2, 0.25) is 0 Å². The highest BCUT2D eigenvalue weighted by molar-refractivity contribution is 7.26. The Kier molecular flexibility index (Phi) is 8.79. The number of nitrogens with zero attached hydrogens (tertiary/aromatic N) is 1. The monoisotopic (exact) mass is 731 g/mol. The van der Waals surface area contributed by atoms with Crippen LogP contribution in [0.3, 0.4) is 0 Å². The third kappa shape index (κ3) is 6.26. The highest BCUT2D eigenvalue weighted by Gasteiger charge is 2.19. The normalized spacial score (nSPS) is 11.2. The fourth-order valence-corrected chi connectivity index (χ4v) is 9.23. The van der Waals surface area contributed by atoms with E-state index in [0.29, 0.717) is 0 Å². The zero-order valence-corrected chi connectivity index (χ0v) is 31.5. The van der Waals surface area contributed by atoms with Gasteiger partial charge in [-0.1, -0.05) is 188 Å². The SMILES string of the molecule is c1ccc(-c2ccc(-c3ccc(N(c4ccc(-c5ccc6c(sc7ccccc76)c5-c5ccccc5)cc4)c4ccccc4-c4ccccc4)cc3)cc2)cc1. The van der Waals surface area contributed by atoms with Crippen LogP contribution in [0.25, 0.3) is 75.8 Å². The zero-order chi connectivity index (χ0) is 37.3. The lowest BCUT2D eigenvalue weighted by Gasteiger charge is -2.28. The lowest BCUT2D eigenvalue weighted by atomic mass is 9.92. The molecule has 1 aromatic heterocycles. The third-order valence-corrected chi connectivity index (χ3v) is 11.9. The van der Waals surface area contributed by atoms with E-state index in [1.165, 1.54) is 75.8 Å². The van der Waals surface area contributed by atoms with Crippen molar-refractivity contribution in [2.24, 2.45) is 0 Å². The van der Waals surface area contributed by atoms with Crippen LogP contribution in [0.1, 0.15) is 0 Å². The molecule has 0 spiro atoms. The molecule has 0 radical (unpaired) electrons. The first-order valence-corrected chi connectivity index (χ1v) is 19.9. The quantitative estimate of drug-likeness (QED) is 0.150. The average molecular weight is 732 g/mol. The summed E-state index contributed by atoms with van der Waals surface area (Å²) in [6, 6.07) is 81.2. The topological polar surface area (TPSA) is 3.24 Å². The van der Waals surface area contributed by atoms with E-state index in [4.69, 9.17) is 0 Å². The minimum atomic E-state index is 1.10. The van der Waals surface area contributed by atoms with Gasteiger partial charge in [0.25, 0.3) is 0 Å². The predicted octanol–water partition coefficient (Wildman–Crippen LogP) is 15.9. The second-order valence-electron chi connectivity index (χ2n) is 14.1. The van der Waals surface area contributed by atoms with Gasteiger partial charge in [0.2, 0.25) is 0 Å². The molecule has 1 nitrogen and oxygen atoms in total. The highest BCUT2D eigenvalue weighted by atomic mass is 32.1. The van der Waals surface area contributed by atoms with Crippen molar-refractivity contribution >= 4 is 48.6 Å². The summed E-state index contributed by atoms with van der Waals surface area (Å²) in [6.45, 7) is 0. The lowest BCUT2D eigenvalue weighted by molar-refractivity contribution is 1.28. The molecule has 0 atom stereocenters. The highest BCUT2D eigenvalue weighted by Crippen LogP contribution is 2.46. The molecule has 2 heteroatoms. The van der Waals surface area contributed by atoms with E-state index in [9.17, 15) is 0 Å². The van der Waals surface area contributed by atoms with E-state index >= 15 is 0 Å². The Morgan fingerprint density at radius 2 is 0.732 bits per heavy atom. The molecule has 0 saturated heterocycles. The maximum Gasteiger partial charge on any atom is 0.0540 e. The van der Waals surface area contributed by atoms with Gasteiger partial charge in [0, 0.05) is 42.7 Å². The van der Waals surface area contributed by atoms with Crippen molar-refractivity contribution in [3.63, 3.8) is 0 Å². The maximum atomic E-state index is 2.39. The number of benzene rings is 9. The first-order chi connectivity index (χ1) is 27.8. The summed E-state index contributed by atoms with van der Waals surface area (Å²) in [4.78, 5) is 2.39. The van der Waals surface area contributed by atoms with Crippen molar-refractivity contribution in [3.05, 3.63) is 224 Å². The van der Waals surface area contributed by atoms with Crippen LogP contribution >= 0.6 is 11.3 Å². The van der Waals surface area contributed by atoms with Crippen LogP contribution in [0, 0.1) is 0 Å². The van der Waals surface area contributed by atoms with Crippen molar-refractivity contribution < 1.29 is 0 Å². The van der Waals surface area contributed by atoms with Crippen molar-refractivity contribution in [2.45, 2.75) is 0 Å². The number of thiophene rings is 1. The Labute approximate surface area is 332 Å². The van der Waals surface area contributed by atoms with E-state index in [0.717, 1.165) is 17.1 Å². The number of anilines is 3. The van der Waals surface area contributed by atoms with Crippen LogP contribution in [0.4, 0.5) is 17.1 Å². The smallest absolute Gasteiger partial charge is 0.0540 e. The Hall–Kier alpha value is -7.00. The van der Waals surface area contributed by atoms with Crippen LogP contribution in [-0.4, -0.2) is 0 Å². The van der Waals surface area contributed by atoms with Crippen molar-refractivity contribution in [3.8, 4) is 55.6 Å². The molecule has 10 aromatic rings. The fourth-order valence-electron chi connectivity index (χ4n) is 7.96. The Balaban J connectivity index is 1.07. The van der Waals surface area contributed by atoms with E-state index in [2.05, 4.69) is 229 Å². The molecule has 264 valence electrons. The molecular formula is C54H37NS. The molecule has 0 aliphatic rings. The molecule has 0 aliphatic heterocycles. The molecule has 0 fully saturated rings. The van der Waals surface area contributed by atoms with Gasteiger partial charge < -0.3 is 4.90 Å². The summed E-state index contributed by atoms with van der Waals surface area (Å²) in [5.41, 5.74) is 15.5. The molecule has 0 aliphatic carbocycles. The van der Waals surface area contributed by atoms with Gasteiger partial charge in [0.1, 0.15) is 0 Å². The standard InChI is InChI=1S/C54H37NS/c1-4-14-38(15-5-1)39-24-26-40(27-25-39)41-28-32-45(33-29-41)55(51-22-12-10-20-47(51)42-16-6-2-7-17-42)46-34-30-43(31-35-46)48-36-37-50-49-21-11-13-23-52(49)56-54(50)53(48)44-18-8-3-9-19-44/h1-37H. The van der Waals surface area contributed by atoms with Gasteiger partial charge in [-0.2, -0.15) is 0 Å². The van der Waals surface area contributed by atoms with Crippen LogP contribution in [0.15, 0.2) is 224 Å². The van der Waals surface area contributed by atoms with E-state index in [1.807, 2.05) is 11.3 Å². The van der Waals surface area contributed by atoms with Gasteiger partial charge in [-0.3, -0.25) is 0 Å². The van der Waals surface area contributed by atoms with Gasteiger partial charge in [0.05, 0.1) is 5.69 Å². The second-order valence-corrected chi connectivity index (χ2v) is 15.1. The van der Waals surface area contributed by atoms with E-state index in [1.54, 1.807) is 0 Å². The van der Waals surface area contributed by atoms with Gasteiger partial charge in [-0.15, -0.1) is 11.3 Å². The Morgan fingerprint density at radius 3 is 1.36 bits per heavy atom. The van der Waals surface area contributed by atoms with Crippen molar-refractivity contribution in [2.75, 3.05) is 4.90 Å². The minimum Gasteiger partial charge on any atom is -0.310 e. The first-order valence-electron chi connectivity index (χ1n) is 19.1. The summed E-state index contributed by atoms with van der Waals surface area (Å²) in [7, 11) is 0. The largest absolute Gasteiger partial charge is 0.310 e. The zero-order valence-electron chi connectivity index (χ0n) is 30.7. The molecule has 0 bridgehead atoms. The maximum absolute atomic E-state index is 2.39. The molecule has 0 amide bonds. The summed E-state index contributed by atoms with van der Waals surface area (Å²) in [5, 5.41) is 2.62. The van der Waals surface area contributed by atoms with Crippen LogP contribution in [-0.2, 0) is 0 Å². The Morgan fingerprint density at radius 1 is 0.286 bits per heavy atom. The van der Waals surface area contributed by atoms with Crippen molar-refractivity contribution in [1.82, 2.24) is 0 Å². The lowest BCUT2D eigenvalue weighted by Crippen LogP contribution is -2.11. The van der Waals surface area contributed by atoms with Gasteiger partial charge in [0.15, 0.2) is 0 Å². The van der Waals surface area contributed by atoms with E-state index < -0.39 is 0 Å². The summed E-state index contributed by atoms with van der Waals surface area (Å²) in [6.07, 6.45) is 0. The third-order valence-electron chi connectivity index (χ3n) is 10.7. The molecule has 0 unspecified atom stereocenters.